The number of anilines is 2. The lowest BCUT2D eigenvalue weighted by Crippen LogP contribution is -2.24. The number of hydrogen-bond acceptors (Lipinski definition) is 7. The maximum absolute atomic E-state index is 12.2. The lowest BCUT2D eigenvalue weighted by molar-refractivity contribution is -0.147. The van der Waals surface area contributed by atoms with Crippen molar-refractivity contribution >= 4 is 55.6 Å². The number of fused-ring (bicyclic) bond motifs is 2. The molecule has 0 aliphatic rings. The molecule has 0 radical (unpaired) electrons. The monoisotopic (exact) mass is 505 g/mol. The van der Waals surface area contributed by atoms with Gasteiger partial charge in [0.05, 0.1) is 23.2 Å². The first-order valence-corrected chi connectivity index (χ1v) is 12.5. The van der Waals surface area contributed by atoms with E-state index in [0.717, 1.165) is 43.6 Å². The van der Waals surface area contributed by atoms with E-state index in [1.54, 1.807) is 11.3 Å². The molecular weight excluding hydrogens is 482 g/mol. The third-order valence-corrected chi connectivity index (χ3v) is 7.18. The molecule has 0 amide bonds. The minimum absolute atomic E-state index is 0.141. The molecule has 1 atom stereocenters. The summed E-state index contributed by atoms with van der Waals surface area (Å²) in [7, 11) is 1.42. The predicted octanol–water partition coefficient (Wildman–Crippen LogP) is 6.39. The lowest BCUT2D eigenvalue weighted by Gasteiger charge is -2.17. The second-order valence-corrected chi connectivity index (χ2v) is 10.1. The molecule has 3 aromatic heterocycles. The van der Waals surface area contributed by atoms with Gasteiger partial charge in [0.1, 0.15) is 5.82 Å². The van der Waals surface area contributed by atoms with Gasteiger partial charge in [0.15, 0.2) is 10.8 Å². The fourth-order valence-electron chi connectivity index (χ4n) is 4.02. The fourth-order valence-corrected chi connectivity index (χ4v) is 5.18. The number of methoxy groups -OCH3 is 1. The number of aromatic nitrogens is 4. The number of carbonyl (C=O) groups is 1. The minimum atomic E-state index is -0.264. The Labute approximate surface area is 211 Å². The number of nitrogens with one attached hydrogen (secondary N) is 1. The van der Waals surface area contributed by atoms with E-state index in [9.17, 15) is 4.79 Å². The van der Waals surface area contributed by atoms with Crippen LogP contribution in [-0.2, 0) is 16.0 Å². The van der Waals surface area contributed by atoms with E-state index in [4.69, 9.17) is 16.3 Å². The van der Waals surface area contributed by atoms with Gasteiger partial charge in [0, 0.05) is 23.3 Å². The Kier molecular flexibility index (Phi) is 6.40. The molecule has 9 heteroatoms. The van der Waals surface area contributed by atoms with Crippen LogP contribution >= 0.6 is 22.9 Å². The summed E-state index contributed by atoms with van der Waals surface area (Å²) in [6, 6.07) is 17.9. The molecule has 5 aromatic rings. The summed E-state index contributed by atoms with van der Waals surface area (Å²) in [5.41, 5.74) is 4.71. The first kappa shape index (κ1) is 23.3. The Morgan fingerprint density at radius 3 is 2.63 bits per heavy atom. The first-order valence-electron chi connectivity index (χ1n) is 11.3. The highest BCUT2D eigenvalue weighted by Crippen LogP contribution is 2.31. The molecule has 0 bridgehead atoms. The second-order valence-electron chi connectivity index (χ2n) is 8.67. The minimum Gasteiger partial charge on any atom is -0.469 e. The zero-order chi connectivity index (χ0) is 24.5. The number of ether oxygens (including phenoxy) is 1. The van der Waals surface area contributed by atoms with Crippen LogP contribution in [0, 0.1) is 11.8 Å². The van der Waals surface area contributed by atoms with Crippen LogP contribution in [0.25, 0.3) is 27.0 Å². The van der Waals surface area contributed by atoms with Gasteiger partial charge in [-0.3, -0.25) is 9.20 Å². The van der Waals surface area contributed by atoms with E-state index in [-0.39, 0.29) is 17.8 Å². The Morgan fingerprint density at radius 1 is 1.09 bits per heavy atom. The maximum Gasteiger partial charge on any atom is 0.309 e. The zero-order valence-corrected chi connectivity index (χ0v) is 21.1. The molecule has 2 aromatic carbocycles. The highest BCUT2D eigenvalue weighted by atomic mass is 35.5. The number of nitrogens with zero attached hydrogens (tertiary/aromatic N) is 4. The van der Waals surface area contributed by atoms with Crippen molar-refractivity contribution in [1.29, 1.82) is 0 Å². The number of thiazole rings is 1. The topological polar surface area (TPSA) is 81.4 Å². The molecule has 35 heavy (non-hydrogen) atoms. The summed E-state index contributed by atoms with van der Waals surface area (Å²) < 4.78 is 7.94. The highest BCUT2D eigenvalue weighted by molar-refractivity contribution is 7.22. The van der Waals surface area contributed by atoms with Crippen molar-refractivity contribution in [3.63, 3.8) is 0 Å². The Bertz CT molecular complexity index is 1510. The van der Waals surface area contributed by atoms with Crippen LogP contribution in [-0.4, -0.2) is 32.7 Å². The van der Waals surface area contributed by atoms with E-state index in [0.29, 0.717) is 11.4 Å². The van der Waals surface area contributed by atoms with Crippen LogP contribution in [0.1, 0.15) is 19.7 Å². The Hall–Kier alpha value is -3.49. The first-order chi connectivity index (χ1) is 16.9. The van der Waals surface area contributed by atoms with Crippen LogP contribution in [0.3, 0.4) is 0 Å². The van der Waals surface area contributed by atoms with Crippen LogP contribution in [0.15, 0.2) is 60.8 Å². The number of pyridine rings is 1. The van der Waals surface area contributed by atoms with Crippen molar-refractivity contribution in [2.45, 2.75) is 20.3 Å². The molecule has 0 spiro atoms. The zero-order valence-electron chi connectivity index (χ0n) is 19.5. The van der Waals surface area contributed by atoms with Gasteiger partial charge in [-0.1, -0.05) is 48.9 Å². The standard InChI is InChI=1S/C26H24ClN5O2S/c1-15(2)20(25(33)34-3)14-24-31-30-23-12-17(10-11-32(23)24)16-4-7-19(8-5-16)28-26-29-21-9-6-18(27)13-22(21)35-26/h4-13,15,20H,14H2,1-3H3,(H,28,29)/t20-/m1/s1. The molecule has 3 heterocycles. The van der Waals surface area contributed by atoms with Crippen molar-refractivity contribution < 1.29 is 9.53 Å². The normalized spacial score (nSPS) is 12.4. The molecule has 0 aliphatic carbocycles. The van der Waals surface area contributed by atoms with E-state index in [1.807, 2.05) is 66.9 Å². The number of rotatable bonds is 7. The molecule has 5 rings (SSSR count). The second kappa shape index (κ2) is 9.64. The molecule has 7 nitrogen and oxygen atoms in total. The average molecular weight is 506 g/mol. The van der Waals surface area contributed by atoms with Crippen LogP contribution in [0.4, 0.5) is 10.8 Å². The third-order valence-electron chi connectivity index (χ3n) is 6.01. The molecule has 0 saturated carbocycles. The molecular formula is C26H24ClN5O2S. The maximum atomic E-state index is 12.2. The van der Waals surface area contributed by atoms with Crippen molar-refractivity contribution in [2.75, 3.05) is 12.4 Å². The Balaban J connectivity index is 1.34. The van der Waals surface area contributed by atoms with Gasteiger partial charge < -0.3 is 10.1 Å². The molecule has 0 saturated heterocycles. The smallest absolute Gasteiger partial charge is 0.309 e. The largest absolute Gasteiger partial charge is 0.469 e. The number of benzene rings is 2. The molecule has 0 fully saturated rings. The van der Waals surface area contributed by atoms with Crippen molar-refractivity contribution in [3.8, 4) is 11.1 Å². The van der Waals surface area contributed by atoms with Gasteiger partial charge in [-0.05, 0) is 59.5 Å². The molecule has 1 N–H and O–H groups in total. The van der Waals surface area contributed by atoms with E-state index in [2.05, 4.69) is 32.6 Å². The summed E-state index contributed by atoms with van der Waals surface area (Å²) in [6.07, 6.45) is 2.43. The van der Waals surface area contributed by atoms with Crippen LogP contribution < -0.4 is 5.32 Å². The van der Waals surface area contributed by atoms with Gasteiger partial charge >= 0.3 is 5.97 Å². The SMILES string of the molecule is COC(=O)[C@H](Cc1nnc2cc(-c3ccc(Nc4nc5ccc(Cl)cc5s4)cc3)ccn12)C(C)C. The van der Waals surface area contributed by atoms with Crippen LogP contribution in [0.2, 0.25) is 5.02 Å². The fraction of sp³-hybridized carbons (Fsp3) is 0.231. The average Bonchev–Trinajstić information content (AvgIpc) is 3.44. The van der Waals surface area contributed by atoms with Gasteiger partial charge in [-0.15, -0.1) is 10.2 Å². The number of hydrogen-bond donors (Lipinski definition) is 1. The van der Waals surface area contributed by atoms with Gasteiger partial charge in [-0.25, -0.2) is 4.98 Å². The summed E-state index contributed by atoms with van der Waals surface area (Å²) in [5, 5.41) is 13.6. The van der Waals surface area contributed by atoms with Gasteiger partial charge in [0.2, 0.25) is 0 Å². The quantitative estimate of drug-likeness (QED) is 0.258. The van der Waals surface area contributed by atoms with Gasteiger partial charge in [0.25, 0.3) is 0 Å². The third kappa shape index (κ3) is 4.85. The van der Waals surface area contributed by atoms with Crippen LogP contribution in [0.5, 0.6) is 0 Å². The van der Waals surface area contributed by atoms with Crippen molar-refractivity contribution in [1.82, 2.24) is 19.6 Å². The number of halogens is 1. The molecule has 0 aliphatic heterocycles. The van der Waals surface area contributed by atoms with E-state index < -0.39 is 0 Å². The van der Waals surface area contributed by atoms with E-state index >= 15 is 0 Å². The van der Waals surface area contributed by atoms with Gasteiger partial charge in [-0.2, -0.15) is 0 Å². The Morgan fingerprint density at radius 2 is 1.89 bits per heavy atom. The highest BCUT2D eigenvalue weighted by Gasteiger charge is 2.25. The molecule has 0 unspecified atom stereocenters. The summed E-state index contributed by atoms with van der Waals surface area (Å²) >= 11 is 7.65. The predicted molar refractivity (Wildman–Crippen MR) is 140 cm³/mol. The van der Waals surface area contributed by atoms with Crippen molar-refractivity contribution in [2.24, 2.45) is 11.8 Å². The molecule has 178 valence electrons. The van der Waals surface area contributed by atoms with Crippen molar-refractivity contribution in [3.05, 3.63) is 71.6 Å². The summed E-state index contributed by atoms with van der Waals surface area (Å²) in [4.78, 5) is 16.8. The number of esters is 1. The summed E-state index contributed by atoms with van der Waals surface area (Å²) in [6.45, 7) is 4.02. The lowest BCUT2D eigenvalue weighted by atomic mass is 9.92. The van der Waals surface area contributed by atoms with E-state index in [1.165, 1.54) is 7.11 Å². The number of carbonyl (C=O) groups excluding carboxylic acids is 1. The summed E-state index contributed by atoms with van der Waals surface area (Å²) in [5.74, 6) is 0.394.